The van der Waals surface area contributed by atoms with E-state index in [0.717, 1.165) is 0 Å². The van der Waals surface area contributed by atoms with Crippen LogP contribution in [0.4, 0.5) is 0 Å². The Morgan fingerprint density at radius 1 is 0.528 bits per heavy atom. The molecule has 0 radical (unpaired) electrons. The van der Waals surface area contributed by atoms with E-state index in [1.807, 2.05) is 0 Å². The van der Waals surface area contributed by atoms with Crippen molar-refractivity contribution in [3.05, 3.63) is 0 Å². The van der Waals surface area contributed by atoms with E-state index in [0.29, 0.717) is 0 Å². The zero-order chi connectivity index (χ0) is 26.9. The monoisotopic (exact) mass is 530 g/mol. The SMILES string of the molecule is CC(C)[C@H]1OC(CO[C@H]2OC(CO[C@H]3OC(CO)[C@@H](O)C(O)[C@H]3O)[C@@H](O)C(O)[C@H]2O)[C@@H](O)C(O)[C@H]1O. The molecule has 0 aromatic heterocycles. The van der Waals surface area contributed by atoms with Gasteiger partial charge in [-0.3, -0.25) is 0 Å². The Morgan fingerprint density at radius 2 is 0.917 bits per heavy atom. The maximum absolute atomic E-state index is 10.3. The molecule has 0 aromatic rings. The summed E-state index contributed by atoms with van der Waals surface area (Å²) in [7, 11) is 0. The van der Waals surface area contributed by atoms with Gasteiger partial charge in [-0.1, -0.05) is 13.8 Å². The van der Waals surface area contributed by atoms with E-state index in [9.17, 15) is 51.1 Å². The number of ether oxygens (including phenoxy) is 5. The normalized spacial score (nSPS) is 50.4. The van der Waals surface area contributed by atoms with Gasteiger partial charge in [-0.2, -0.15) is 0 Å². The predicted octanol–water partition coefficient (Wildman–Crippen LogP) is -5.87. The van der Waals surface area contributed by atoms with Crippen LogP contribution in [0, 0.1) is 5.92 Å². The molecular formula is C21H38O15. The minimum Gasteiger partial charge on any atom is -0.394 e. The lowest BCUT2D eigenvalue weighted by Crippen LogP contribution is -2.62. The van der Waals surface area contributed by atoms with Crippen LogP contribution >= 0.6 is 0 Å². The molecule has 3 fully saturated rings. The van der Waals surface area contributed by atoms with Crippen molar-refractivity contribution in [3.63, 3.8) is 0 Å². The molecule has 212 valence electrons. The quantitative estimate of drug-likeness (QED) is 0.140. The summed E-state index contributed by atoms with van der Waals surface area (Å²) >= 11 is 0. The molecule has 3 heterocycles. The highest BCUT2D eigenvalue weighted by Crippen LogP contribution is 2.29. The van der Waals surface area contributed by atoms with Gasteiger partial charge in [0.05, 0.1) is 25.9 Å². The van der Waals surface area contributed by atoms with E-state index in [-0.39, 0.29) is 5.92 Å². The second-order valence-corrected chi connectivity index (χ2v) is 9.73. The summed E-state index contributed by atoms with van der Waals surface area (Å²) in [5, 5.41) is 100. The number of rotatable bonds is 8. The molecule has 3 saturated heterocycles. The Balaban J connectivity index is 1.60. The third-order valence-electron chi connectivity index (χ3n) is 6.77. The van der Waals surface area contributed by atoms with Crippen LogP contribution in [0.5, 0.6) is 0 Å². The molecule has 36 heavy (non-hydrogen) atoms. The zero-order valence-corrected chi connectivity index (χ0v) is 19.9. The van der Waals surface area contributed by atoms with Crippen LogP contribution in [0.1, 0.15) is 13.8 Å². The first-order valence-electron chi connectivity index (χ1n) is 11.8. The average Bonchev–Trinajstić information content (AvgIpc) is 2.85. The first-order valence-corrected chi connectivity index (χ1v) is 11.8. The molecule has 0 spiro atoms. The molecule has 0 amide bonds. The minimum absolute atomic E-state index is 0.206. The molecule has 0 bridgehead atoms. The zero-order valence-electron chi connectivity index (χ0n) is 19.9. The Labute approximate surface area is 207 Å². The van der Waals surface area contributed by atoms with Gasteiger partial charge in [0, 0.05) is 0 Å². The third-order valence-corrected chi connectivity index (χ3v) is 6.77. The fourth-order valence-corrected chi connectivity index (χ4v) is 4.44. The molecule has 15 heteroatoms. The molecule has 15 atom stereocenters. The topological polar surface area (TPSA) is 248 Å². The van der Waals surface area contributed by atoms with Crippen molar-refractivity contribution in [2.75, 3.05) is 19.8 Å². The van der Waals surface area contributed by atoms with Crippen molar-refractivity contribution < 1.29 is 74.7 Å². The van der Waals surface area contributed by atoms with Gasteiger partial charge in [0.2, 0.25) is 0 Å². The molecule has 3 aliphatic heterocycles. The van der Waals surface area contributed by atoms with Crippen molar-refractivity contribution in [1.82, 2.24) is 0 Å². The number of aliphatic hydroxyl groups is 10. The summed E-state index contributed by atoms with van der Waals surface area (Å²) in [5.74, 6) is -0.206. The van der Waals surface area contributed by atoms with E-state index in [4.69, 9.17) is 23.7 Å². The highest BCUT2D eigenvalue weighted by Gasteiger charge is 2.49. The summed E-state index contributed by atoms with van der Waals surface area (Å²) in [6.07, 6.45) is -22.0. The van der Waals surface area contributed by atoms with Crippen LogP contribution in [0.15, 0.2) is 0 Å². The predicted molar refractivity (Wildman–Crippen MR) is 114 cm³/mol. The first kappa shape index (κ1) is 29.9. The van der Waals surface area contributed by atoms with Crippen LogP contribution in [0.2, 0.25) is 0 Å². The van der Waals surface area contributed by atoms with Crippen LogP contribution in [0.25, 0.3) is 0 Å². The van der Waals surface area contributed by atoms with Gasteiger partial charge in [-0.25, -0.2) is 0 Å². The maximum atomic E-state index is 10.3. The minimum atomic E-state index is -1.75. The van der Waals surface area contributed by atoms with Crippen LogP contribution in [0.3, 0.4) is 0 Å². The van der Waals surface area contributed by atoms with Crippen molar-refractivity contribution in [2.45, 2.75) is 106 Å². The lowest BCUT2D eigenvalue weighted by atomic mass is 9.89. The molecule has 6 unspecified atom stereocenters. The van der Waals surface area contributed by atoms with Crippen molar-refractivity contribution in [3.8, 4) is 0 Å². The summed E-state index contributed by atoms with van der Waals surface area (Å²) in [6, 6.07) is 0. The van der Waals surface area contributed by atoms with E-state index in [1.54, 1.807) is 13.8 Å². The fraction of sp³-hybridized carbons (Fsp3) is 1.00. The Hall–Kier alpha value is -0.600. The van der Waals surface area contributed by atoms with Crippen LogP contribution in [-0.4, -0.2) is 163 Å². The Kier molecular flexibility index (Phi) is 10.4. The Morgan fingerprint density at radius 3 is 1.36 bits per heavy atom. The van der Waals surface area contributed by atoms with Gasteiger partial charge in [0.15, 0.2) is 12.6 Å². The van der Waals surface area contributed by atoms with Crippen LogP contribution < -0.4 is 0 Å². The lowest BCUT2D eigenvalue weighted by Gasteiger charge is -2.44. The molecule has 15 nitrogen and oxygen atoms in total. The molecule has 3 rings (SSSR count). The van der Waals surface area contributed by atoms with Gasteiger partial charge < -0.3 is 74.7 Å². The van der Waals surface area contributed by atoms with Gasteiger partial charge in [0.25, 0.3) is 0 Å². The van der Waals surface area contributed by atoms with Crippen molar-refractivity contribution in [1.29, 1.82) is 0 Å². The summed E-state index contributed by atoms with van der Waals surface area (Å²) in [6.45, 7) is 1.88. The number of hydrogen-bond acceptors (Lipinski definition) is 15. The standard InChI is InChI=1S/C21H38O15/c1-6(2)19-16(29)13(26)11(24)8(34-19)4-32-21-18(31)15(28)12(25)9(36-21)5-33-20-17(30)14(27)10(23)7(3-22)35-20/h6-31H,3-5H2,1-2H3/t7?,8?,9?,10-,11-,12-,13?,14?,15?,16-,17-,18-,19-,20+,21+/m1/s1. The van der Waals surface area contributed by atoms with Gasteiger partial charge in [-0.15, -0.1) is 0 Å². The maximum Gasteiger partial charge on any atom is 0.186 e. The van der Waals surface area contributed by atoms with E-state index < -0.39 is 112 Å². The summed E-state index contributed by atoms with van der Waals surface area (Å²) in [4.78, 5) is 0. The van der Waals surface area contributed by atoms with Crippen molar-refractivity contribution >= 4 is 0 Å². The smallest absolute Gasteiger partial charge is 0.186 e. The van der Waals surface area contributed by atoms with E-state index >= 15 is 0 Å². The van der Waals surface area contributed by atoms with E-state index in [1.165, 1.54) is 0 Å². The number of hydrogen-bond donors (Lipinski definition) is 10. The molecule has 0 saturated carbocycles. The lowest BCUT2D eigenvalue weighted by molar-refractivity contribution is -0.336. The molecule has 0 aliphatic carbocycles. The summed E-state index contributed by atoms with van der Waals surface area (Å²) < 4.78 is 27.2. The molecule has 0 aromatic carbocycles. The van der Waals surface area contributed by atoms with Crippen LogP contribution in [-0.2, 0) is 23.7 Å². The van der Waals surface area contributed by atoms with Gasteiger partial charge in [0.1, 0.15) is 73.2 Å². The van der Waals surface area contributed by atoms with Crippen molar-refractivity contribution in [2.24, 2.45) is 5.92 Å². The highest BCUT2D eigenvalue weighted by molar-refractivity contribution is 4.94. The van der Waals surface area contributed by atoms with Gasteiger partial charge >= 0.3 is 0 Å². The summed E-state index contributed by atoms with van der Waals surface area (Å²) in [5.41, 5.74) is 0. The number of aliphatic hydroxyl groups excluding tert-OH is 10. The van der Waals surface area contributed by atoms with E-state index in [2.05, 4.69) is 0 Å². The third kappa shape index (κ3) is 6.17. The largest absolute Gasteiger partial charge is 0.394 e. The fourth-order valence-electron chi connectivity index (χ4n) is 4.44. The van der Waals surface area contributed by atoms with Gasteiger partial charge in [-0.05, 0) is 5.92 Å². The molecule has 10 N–H and O–H groups in total. The first-order chi connectivity index (χ1) is 16.9. The second-order valence-electron chi connectivity index (χ2n) is 9.73. The second kappa shape index (κ2) is 12.5. The Bertz CT molecular complexity index is 682. The highest BCUT2D eigenvalue weighted by atomic mass is 16.7. The molecular weight excluding hydrogens is 492 g/mol. The molecule has 3 aliphatic rings. The average molecular weight is 531 g/mol.